The fourth-order valence-corrected chi connectivity index (χ4v) is 3.32. The molecule has 1 aromatic heterocycles. The normalized spacial score (nSPS) is 21.5. The maximum absolute atomic E-state index is 12.3. The average Bonchev–Trinajstić information content (AvgIpc) is 2.95. The third-order valence-corrected chi connectivity index (χ3v) is 4.57. The molecule has 5 nitrogen and oxygen atoms in total. The summed E-state index contributed by atoms with van der Waals surface area (Å²) in [7, 11) is 0. The number of amides is 1. The van der Waals surface area contributed by atoms with Gasteiger partial charge in [0.15, 0.2) is 0 Å². The first-order valence-corrected chi connectivity index (χ1v) is 8.39. The van der Waals surface area contributed by atoms with Crippen molar-refractivity contribution in [3.05, 3.63) is 41.7 Å². The number of benzene rings is 1. The third-order valence-electron chi connectivity index (χ3n) is 3.90. The molecule has 0 aliphatic carbocycles. The molecule has 116 valence electrons. The fraction of sp³-hybridized carbons (Fsp3) is 0.438. The highest BCUT2D eigenvalue weighted by molar-refractivity contribution is 7.09. The molecular formula is C16H20N4OS. The van der Waals surface area contributed by atoms with Gasteiger partial charge in [0.25, 0.3) is 0 Å². The van der Waals surface area contributed by atoms with E-state index in [1.165, 1.54) is 17.1 Å². The first-order chi connectivity index (χ1) is 10.7. The van der Waals surface area contributed by atoms with Crippen LogP contribution in [0.2, 0.25) is 0 Å². The molecule has 2 aromatic rings. The number of nitrogens with one attached hydrogen (secondary N) is 2. The van der Waals surface area contributed by atoms with Crippen molar-refractivity contribution in [3.63, 3.8) is 0 Å². The molecule has 0 spiro atoms. The van der Waals surface area contributed by atoms with Gasteiger partial charge in [-0.15, -0.1) is 0 Å². The molecule has 1 amide bonds. The summed E-state index contributed by atoms with van der Waals surface area (Å²) in [5.41, 5.74) is 1.17. The van der Waals surface area contributed by atoms with Gasteiger partial charge in [-0.05, 0) is 31.9 Å². The van der Waals surface area contributed by atoms with Crippen molar-refractivity contribution in [1.29, 1.82) is 0 Å². The van der Waals surface area contributed by atoms with Gasteiger partial charge in [0.2, 0.25) is 11.0 Å². The van der Waals surface area contributed by atoms with E-state index in [9.17, 15) is 4.79 Å². The fourth-order valence-electron chi connectivity index (χ4n) is 2.73. The lowest BCUT2D eigenvalue weighted by molar-refractivity contribution is -0.120. The predicted octanol–water partition coefficient (Wildman–Crippen LogP) is 2.46. The number of hydrogen-bond acceptors (Lipinski definition) is 5. The summed E-state index contributed by atoms with van der Waals surface area (Å²) in [6, 6.07) is 10.5. The van der Waals surface area contributed by atoms with Crippen LogP contribution in [0.15, 0.2) is 30.3 Å². The van der Waals surface area contributed by atoms with Crippen molar-refractivity contribution in [2.75, 3.05) is 11.9 Å². The van der Waals surface area contributed by atoms with Gasteiger partial charge in [-0.25, -0.2) is 4.98 Å². The second kappa shape index (κ2) is 6.98. The van der Waals surface area contributed by atoms with E-state index in [4.69, 9.17) is 0 Å². The number of aromatic nitrogens is 2. The van der Waals surface area contributed by atoms with Gasteiger partial charge < -0.3 is 10.6 Å². The van der Waals surface area contributed by atoms with Crippen molar-refractivity contribution in [3.8, 4) is 0 Å². The van der Waals surface area contributed by atoms with Crippen LogP contribution in [0.3, 0.4) is 0 Å². The molecule has 2 atom stereocenters. The Morgan fingerprint density at radius 3 is 3.00 bits per heavy atom. The lowest BCUT2D eigenvalue weighted by Gasteiger charge is -2.26. The number of carbonyl (C=O) groups is 1. The summed E-state index contributed by atoms with van der Waals surface area (Å²) in [4.78, 5) is 16.7. The molecule has 1 aromatic carbocycles. The van der Waals surface area contributed by atoms with Gasteiger partial charge in [-0.3, -0.25) is 4.79 Å². The molecule has 0 unspecified atom stereocenters. The Kier molecular flexibility index (Phi) is 4.80. The number of anilines is 1. The minimum Gasteiger partial charge on any atom is -0.314 e. The Hall–Kier alpha value is -1.79. The molecule has 3 rings (SSSR count). The molecule has 0 bridgehead atoms. The average molecular weight is 316 g/mol. The molecule has 1 aliphatic heterocycles. The third kappa shape index (κ3) is 3.90. The number of nitrogens with zero attached hydrogens (tertiary/aromatic N) is 2. The molecule has 0 saturated carbocycles. The topological polar surface area (TPSA) is 66.9 Å². The summed E-state index contributed by atoms with van der Waals surface area (Å²) in [6.45, 7) is 3.01. The number of piperidine rings is 1. The zero-order valence-corrected chi connectivity index (χ0v) is 13.4. The molecule has 0 radical (unpaired) electrons. The number of rotatable bonds is 4. The highest BCUT2D eigenvalue weighted by Crippen LogP contribution is 2.20. The van der Waals surface area contributed by atoms with E-state index in [1.807, 2.05) is 18.2 Å². The SMILES string of the molecule is C[C@H]1C[C@@H](C(=O)Nc2nc(Cc3ccccc3)ns2)CCN1. The molecule has 1 saturated heterocycles. The first kappa shape index (κ1) is 15.1. The van der Waals surface area contributed by atoms with E-state index in [0.717, 1.165) is 25.2 Å². The second-order valence-electron chi connectivity index (χ2n) is 5.74. The van der Waals surface area contributed by atoms with Crippen molar-refractivity contribution in [1.82, 2.24) is 14.7 Å². The van der Waals surface area contributed by atoms with E-state index in [0.29, 0.717) is 17.6 Å². The van der Waals surface area contributed by atoms with Crippen molar-refractivity contribution < 1.29 is 4.79 Å². The first-order valence-electron chi connectivity index (χ1n) is 7.61. The van der Waals surface area contributed by atoms with E-state index in [-0.39, 0.29) is 11.8 Å². The van der Waals surface area contributed by atoms with Crippen LogP contribution in [0.5, 0.6) is 0 Å². The van der Waals surface area contributed by atoms with Crippen LogP contribution in [0.4, 0.5) is 5.13 Å². The van der Waals surface area contributed by atoms with E-state index in [2.05, 4.69) is 39.0 Å². The molecular weight excluding hydrogens is 296 g/mol. The summed E-state index contributed by atoms with van der Waals surface area (Å²) < 4.78 is 4.33. The zero-order valence-electron chi connectivity index (χ0n) is 12.6. The quantitative estimate of drug-likeness (QED) is 0.909. The van der Waals surface area contributed by atoms with Crippen LogP contribution in [0.25, 0.3) is 0 Å². The standard InChI is InChI=1S/C16H20N4OS/c1-11-9-13(7-8-17-11)15(21)19-16-18-14(20-22-16)10-12-5-3-2-4-6-12/h2-6,11,13,17H,7-10H2,1H3,(H,18,19,20,21)/t11-,13-/m0/s1. The molecule has 1 fully saturated rings. The molecule has 2 heterocycles. The van der Waals surface area contributed by atoms with Crippen LogP contribution < -0.4 is 10.6 Å². The molecule has 6 heteroatoms. The van der Waals surface area contributed by atoms with Crippen LogP contribution in [0, 0.1) is 5.92 Å². The van der Waals surface area contributed by atoms with E-state index < -0.39 is 0 Å². The van der Waals surface area contributed by atoms with Crippen LogP contribution in [-0.4, -0.2) is 27.9 Å². The number of hydrogen-bond donors (Lipinski definition) is 2. The monoisotopic (exact) mass is 316 g/mol. The Morgan fingerprint density at radius 2 is 2.23 bits per heavy atom. The summed E-state index contributed by atoms with van der Waals surface area (Å²) in [6.07, 6.45) is 2.45. The Balaban J connectivity index is 1.58. The van der Waals surface area contributed by atoms with Crippen LogP contribution in [-0.2, 0) is 11.2 Å². The van der Waals surface area contributed by atoms with Gasteiger partial charge in [0.05, 0.1) is 0 Å². The summed E-state index contributed by atoms with van der Waals surface area (Å²) in [5, 5.41) is 6.87. The Labute approximate surface area is 134 Å². The minimum atomic E-state index is 0.0655. The largest absolute Gasteiger partial charge is 0.314 e. The highest BCUT2D eigenvalue weighted by Gasteiger charge is 2.25. The summed E-state index contributed by atoms with van der Waals surface area (Å²) in [5.74, 6) is 0.888. The summed E-state index contributed by atoms with van der Waals surface area (Å²) >= 11 is 1.25. The van der Waals surface area contributed by atoms with Crippen LogP contribution >= 0.6 is 11.5 Å². The van der Waals surface area contributed by atoms with E-state index in [1.54, 1.807) is 0 Å². The van der Waals surface area contributed by atoms with Crippen LogP contribution in [0.1, 0.15) is 31.2 Å². The van der Waals surface area contributed by atoms with Gasteiger partial charge in [-0.1, -0.05) is 30.3 Å². The van der Waals surface area contributed by atoms with Crippen molar-refractivity contribution >= 4 is 22.6 Å². The molecule has 1 aliphatic rings. The van der Waals surface area contributed by atoms with E-state index >= 15 is 0 Å². The molecule has 2 N–H and O–H groups in total. The lowest BCUT2D eigenvalue weighted by atomic mass is 9.92. The maximum Gasteiger partial charge on any atom is 0.229 e. The van der Waals surface area contributed by atoms with Gasteiger partial charge in [0, 0.05) is 29.9 Å². The van der Waals surface area contributed by atoms with Gasteiger partial charge >= 0.3 is 0 Å². The van der Waals surface area contributed by atoms with Crippen molar-refractivity contribution in [2.45, 2.75) is 32.2 Å². The highest BCUT2D eigenvalue weighted by atomic mass is 32.1. The predicted molar refractivity (Wildman–Crippen MR) is 88.0 cm³/mol. The Morgan fingerprint density at radius 1 is 1.41 bits per heavy atom. The van der Waals surface area contributed by atoms with Gasteiger partial charge in [0.1, 0.15) is 5.82 Å². The minimum absolute atomic E-state index is 0.0655. The molecule has 22 heavy (non-hydrogen) atoms. The Bertz CT molecular complexity index is 628. The second-order valence-corrected chi connectivity index (χ2v) is 6.50. The maximum atomic E-state index is 12.3. The lowest BCUT2D eigenvalue weighted by Crippen LogP contribution is -2.40. The zero-order chi connectivity index (χ0) is 15.4. The van der Waals surface area contributed by atoms with Gasteiger partial charge in [-0.2, -0.15) is 4.37 Å². The van der Waals surface area contributed by atoms with Crippen molar-refractivity contribution in [2.24, 2.45) is 5.92 Å². The number of carbonyl (C=O) groups excluding carboxylic acids is 1. The smallest absolute Gasteiger partial charge is 0.229 e.